The van der Waals surface area contributed by atoms with E-state index < -0.39 is 0 Å². The Morgan fingerprint density at radius 1 is 1.21 bits per heavy atom. The molecule has 1 N–H and O–H groups in total. The van der Waals surface area contributed by atoms with Crippen LogP contribution in [0.3, 0.4) is 0 Å². The molecule has 3 rings (SSSR count). The third kappa shape index (κ3) is 3.44. The number of fused-ring (bicyclic) bond motifs is 1. The van der Waals surface area contributed by atoms with Crippen molar-refractivity contribution in [1.29, 1.82) is 0 Å². The number of anilines is 1. The number of rotatable bonds is 2. The van der Waals surface area contributed by atoms with Crippen LogP contribution < -0.4 is 5.32 Å². The van der Waals surface area contributed by atoms with Gasteiger partial charge in [-0.3, -0.25) is 4.79 Å². The van der Waals surface area contributed by atoms with Crippen molar-refractivity contribution >= 4 is 34.8 Å². The number of carbonyl (C=O) groups excluding carboxylic acids is 1. The SMILES string of the molecule is CC(=O)Nc1ccc(C2CN(C)Cc3c(Cl)cc(Cl)cc32)c(C)c1. The largest absolute Gasteiger partial charge is 0.326 e. The summed E-state index contributed by atoms with van der Waals surface area (Å²) in [5.74, 6) is 0.143. The first-order valence-corrected chi connectivity index (χ1v) is 8.65. The zero-order valence-electron chi connectivity index (χ0n) is 14.0. The maximum atomic E-state index is 11.2. The highest BCUT2D eigenvalue weighted by Gasteiger charge is 2.28. The van der Waals surface area contributed by atoms with Crippen LogP contribution in [0.5, 0.6) is 0 Å². The molecule has 126 valence electrons. The van der Waals surface area contributed by atoms with Crippen molar-refractivity contribution in [3.63, 3.8) is 0 Å². The second-order valence-corrected chi connectivity index (χ2v) is 7.30. The fourth-order valence-corrected chi connectivity index (χ4v) is 4.03. The first-order chi connectivity index (χ1) is 11.3. The molecule has 24 heavy (non-hydrogen) atoms. The molecule has 0 saturated carbocycles. The highest BCUT2D eigenvalue weighted by molar-refractivity contribution is 6.35. The summed E-state index contributed by atoms with van der Waals surface area (Å²) in [6, 6.07) is 9.89. The highest BCUT2D eigenvalue weighted by Crippen LogP contribution is 2.39. The van der Waals surface area contributed by atoms with E-state index in [-0.39, 0.29) is 11.8 Å². The van der Waals surface area contributed by atoms with Gasteiger partial charge in [-0.25, -0.2) is 0 Å². The van der Waals surface area contributed by atoms with Gasteiger partial charge in [-0.15, -0.1) is 0 Å². The Balaban J connectivity index is 2.06. The summed E-state index contributed by atoms with van der Waals surface area (Å²) in [5.41, 5.74) is 5.53. The molecule has 0 aliphatic carbocycles. The van der Waals surface area contributed by atoms with Gasteiger partial charge in [0, 0.05) is 41.7 Å². The van der Waals surface area contributed by atoms with Crippen LogP contribution in [0.2, 0.25) is 10.0 Å². The van der Waals surface area contributed by atoms with Crippen molar-refractivity contribution in [3.8, 4) is 0 Å². The maximum absolute atomic E-state index is 11.2. The molecule has 1 unspecified atom stereocenters. The number of aryl methyl sites for hydroxylation is 1. The van der Waals surface area contributed by atoms with Crippen LogP contribution in [0.1, 0.15) is 35.1 Å². The monoisotopic (exact) mass is 362 g/mol. The predicted molar refractivity (Wildman–Crippen MR) is 100 cm³/mol. The van der Waals surface area contributed by atoms with Gasteiger partial charge in [0.25, 0.3) is 0 Å². The van der Waals surface area contributed by atoms with Crippen LogP contribution in [-0.2, 0) is 11.3 Å². The zero-order chi connectivity index (χ0) is 17.4. The number of hydrogen-bond donors (Lipinski definition) is 1. The zero-order valence-corrected chi connectivity index (χ0v) is 15.5. The maximum Gasteiger partial charge on any atom is 0.221 e. The van der Waals surface area contributed by atoms with Crippen molar-refractivity contribution in [3.05, 3.63) is 62.6 Å². The lowest BCUT2D eigenvalue weighted by Gasteiger charge is -2.34. The lowest BCUT2D eigenvalue weighted by Crippen LogP contribution is -2.31. The Morgan fingerprint density at radius 2 is 1.96 bits per heavy atom. The topological polar surface area (TPSA) is 32.3 Å². The first kappa shape index (κ1) is 17.3. The van der Waals surface area contributed by atoms with Crippen molar-refractivity contribution < 1.29 is 4.79 Å². The summed E-state index contributed by atoms with van der Waals surface area (Å²) in [6.45, 7) is 5.32. The number of amides is 1. The molecule has 1 aliphatic rings. The average Bonchev–Trinajstić information content (AvgIpc) is 2.47. The van der Waals surface area contributed by atoms with E-state index in [1.807, 2.05) is 24.3 Å². The number of likely N-dealkylation sites (N-methyl/N-ethyl adjacent to an activating group) is 1. The average molecular weight is 363 g/mol. The van der Waals surface area contributed by atoms with Crippen LogP contribution in [0.25, 0.3) is 0 Å². The van der Waals surface area contributed by atoms with E-state index in [1.54, 1.807) is 0 Å². The summed E-state index contributed by atoms with van der Waals surface area (Å²) in [6.07, 6.45) is 0. The van der Waals surface area contributed by atoms with E-state index in [0.717, 1.165) is 34.9 Å². The number of halogens is 2. The summed E-state index contributed by atoms with van der Waals surface area (Å²) < 4.78 is 0. The van der Waals surface area contributed by atoms with Gasteiger partial charge in [0.15, 0.2) is 0 Å². The standard InChI is InChI=1S/C19H20Cl2N2O/c1-11-6-14(22-12(2)24)4-5-15(11)17-9-23(3)10-18-16(17)7-13(20)8-19(18)21/h4-8,17H,9-10H2,1-3H3,(H,22,24). The molecule has 1 atom stereocenters. The smallest absolute Gasteiger partial charge is 0.221 e. The van der Waals surface area contributed by atoms with Crippen molar-refractivity contribution in [2.45, 2.75) is 26.3 Å². The minimum atomic E-state index is -0.0662. The van der Waals surface area contributed by atoms with Crippen molar-refractivity contribution in [2.75, 3.05) is 18.9 Å². The lowest BCUT2D eigenvalue weighted by molar-refractivity contribution is -0.114. The Morgan fingerprint density at radius 3 is 2.62 bits per heavy atom. The summed E-state index contributed by atoms with van der Waals surface area (Å²) in [7, 11) is 2.10. The van der Waals surface area contributed by atoms with Crippen molar-refractivity contribution in [1.82, 2.24) is 4.90 Å². The van der Waals surface area contributed by atoms with Gasteiger partial charge >= 0.3 is 0 Å². The Kier molecular flexibility index (Phi) is 4.86. The van der Waals surface area contributed by atoms with Gasteiger partial charge < -0.3 is 10.2 Å². The fourth-order valence-electron chi connectivity index (χ4n) is 3.46. The summed E-state index contributed by atoms with van der Waals surface area (Å²) in [5, 5.41) is 4.22. The number of nitrogens with zero attached hydrogens (tertiary/aromatic N) is 1. The third-order valence-electron chi connectivity index (χ3n) is 4.46. The molecule has 0 radical (unpaired) electrons. The predicted octanol–water partition coefficient (Wildman–Crippen LogP) is 4.84. The van der Waals surface area contributed by atoms with Gasteiger partial charge in [0.2, 0.25) is 5.91 Å². The lowest BCUT2D eigenvalue weighted by atomic mass is 9.83. The van der Waals surface area contributed by atoms with Crippen LogP contribution in [-0.4, -0.2) is 24.4 Å². The van der Waals surface area contributed by atoms with Gasteiger partial charge in [-0.1, -0.05) is 29.3 Å². The van der Waals surface area contributed by atoms with Crippen molar-refractivity contribution in [2.24, 2.45) is 0 Å². The molecule has 2 aromatic carbocycles. The Labute approximate surface area is 152 Å². The molecule has 5 heteroatoms. The van der Waals surface area contributed by atoms with Gasteiger partial charge in [-0.05, 0) is 60.5 Å². The van der Waals surface area contributed by atoms with E-state index >= 15 is 0 Å². The molecule has 0 spiro atoms. The molecular weight excluding hydrogens is 343 g/mol. The normalized spacial score (nSPS) is 17.5. The molecule has 0 saturated heterocycles. The quantitative estimate of drug-likeness (QED) is 0.828. The molecule has 0 bridgehead atoms. The molecule has 0 fully saturated rings. The Bertz CT molecular complexity index is 804. The van der Waals surface area contributed by atoms with E-state index in [0.29, 0.717) is 5.02 Å². The van der Waals surface area contributed by atoms with Crippen LogP contribution in [0.4, 0.5) is 5.69 Å². The molecule has 1 aliphatic heterocycles. The highest BCUT2D eigenvalue weighted by atomic mass is 35.5. The number of hydrogen-bond acceptors (Lipinski definition) is 2. The second kappa shape index (κ2) is 6.75. The minimum absolute atomic E-state index is 0.0662. The second-order valence-electron chi connectivity index (χ2n) is 6.46. The first-order valence-electron chi connectivity index (χ1n) is 7.89. The number of benzene rings is 2. The third-order valence-corrected chi connectivity index (χ3v) is 5.01. The Hall–Kier alpha value is -1.55. The van der Waals surface area contributed by atoms with E-state index in [9.17, 15) is 4.79 Å². The van der Waals surface area contributed by atoms with E-state index in [2.05, 4.69) is 30.3 Å². The van der Waals surface area contributed by atoms with Gasteiger partial charge in [-0.2, -0.15) is 0 Å². The molecule has 0 aromatic heterocycles. The molecule has 1 heterocycles. The molecule has 3 nitrogen and oxygen atoms in total. The molecule has 2 aromatic rings. The van der Waals surface area contributed by atoms with Gasteiger partial charge in [0.05, 0.1) is 0 Å². The molecular formula is C19H20Cl2N2O. The molecule has 1 amide bonds. The minimum Gasteiger partial charge on any atom is -0.326 e. The van der Waals surface area contributed by atoms with Crippen LogP contribution in [0.15, 0.2) is 30.3 Å². The van der Waals surface area contributed by atoms with Crippen LogP contribution in [0, 0.1) is 6.92 Å². The summed E-state index contributed by atoms with van der Waals surface area (Å²) >= 11 is 12.7. The summed E-state index contributed by atoms with van der Waals surface area (Å²) in [4.78, 5) is 13.5. The van der Waals surface area contributed by atoms with E-state index in [4.69, 9.17) is 23.2 Å². The van der Waals surface area contributed by atoms with Gasteiger partial charge in [0.1, 0.15) is 0 Å². The number of nitrogens with one attached hydrogen (secondary N) is 1. The van der Waals surface area contributed by atoms with Crippen LogP contribution >= 0.6 is 23.2 Å². The number of carbonyl (C=O) groups is 1. The fraction of sp³-hybridized carbons (Fsp3) is 0.316. The van der Waals surface area contributed by atoms with E-state index in [1.165, 1.54) is 18.1 Å².